The third kappa shape index (κ3) is 3.17. The number of phenols is 2. The maximum Gasteiger partial charge on any atom is 0.261 e. The number of amides is 1. The fourth-order valence-corrected chi connectivity index (χ4v) is 2.47. The molecule has 5 nitrogen and oxygen atoms in total. The van der Waals surface area contributed by atoms with Crippen LogP contribution in [0.2, 0.25) is 0 Å². The van der Waals surface area contributed by atoms with Gasteiger partial charge in [0, 0.05) is 13.6 Å². The van der Waals surface area contributed by atoms with E-state index in [1.54, 1.807) is 11.9 Å². The SMILES string of the molecule is CN(CC1CCNCC1)C(=O)c1c(O)cccc1O. The molecule has 1 heterocycles. The van der Waals surface area contributed by atoms with Gasteiger partial charge in [-0.2, -0.15) is 0 Å². The Balaban J connectivity index is 2.06. The Labute approximate surface area is 112 Å². The van der Waals surface area contributed by atoms with Crippen LogP contribution in [0.4, 0.5) is 0 Å². The van der Waals surface area contributed by atoms with Crippen LogP contribution >= 0.6 is 0 Å². The van der Waals surface area contributed by atoms with Crippen LogP contribution in [-0.2, 0) is 0 Å². The number of carbonyl (C=O) groups is 1. The Morgan fingerprint density at radius 2 is 1.89 bits per heavy atom. The van der Waals surface area contributed by atoms with Gasteiger partial charge in [-0.05, 0) is 44.0 Å². The van der Waals surface area contributed by atoms with Crippen LogP contribution in [0.1, 0.15) is 23.2 Å². The summed E-state index contributed by atoms with van der Waals surface area (Å²) in [5.41, 5.74) is -0.0149. The van der Waals surface area contributed by atoms with Crippen LogP contribution in [0.15, 0.2) is 18.2 Å². The smallest absolute Gasteiger partial charge is 0.261 e. The zero-order valence-electron chi connectivity index (χ0n) is 11.1. The molecule has 0 radical (unpaired) electrons. The van der Waals surface area contributed by atoms with E-state index in [1.165, 1.54) is 18.2 Å². The molecule has 1 saturated heterocycles. The van der Waals surface area contributed by atoms with Crippen molar-refractivity contribution in [3.05, 3.63) is 23.8 Å². The van der Waals surface area contributed by atoms with E-state index in [4.69, 9.17) is 0 Å². The molecule has 0 bridgehead atoms. The predicted octanol–water partition coefficient (Wildman–Crippen LogP) is 1.17. The molecule has 5 heteroatoms. The lowest BCUT2D eigenvalue weighted by atomic mass is 9.97. The first kappa shape index (κ1) is 13.7. The fraction of sp³-hybridized carbons (Fsp3) is 0.500. The molecule has 104 valence electrons. The quantitative estimate of drug-likeness (QED) is 0.766. The average Bonchev–Trinajstić information content (AvgIpc) is 2.39. The summed E-state index contributed by atoms with van der Waals surface area (Å²) in [5, 5.41) is 22.7. The average molecular weight is 264 g/mol. The second-order valence-corrected chi connectivity index (χ2v) is 5.05. The first-order valence-corrected chi connectivity index (χ1v) is 6.56. The summed E-state index contributed by atoms with van der Waals surface area (Å²) in [6.45, 7) is 2.61. The van der Waals surface area contributed by atoms with E-state index in [2.05, 4.69) is 5.32 Å². The van der Waals surface area contributed by atoms with Crippen molar-refractivity contribution in [2.45, 2.75) is 12.8 Å². The minimum atomic E-state index is -0.339. The fourth-order valence-electron chi connectivity index (χ4n) is 2.47. The van der Waals surface area contributed by atoms with Crippen LogP contribution in [0, 0.1) is 5.92 Å². The highest BCUT2D eigenvalue weighted by molar-refractivity contribution is 5.99. The van der Waals surface area contributed by atoms with Crippen molar-refractivity contribution in [2.75, 3.05) is 26.7 Å². The van der Waals surface area contributed by atoms with Crippen LogP contribution in [0.5, 0.6) is 11.5 Å². The van der Waals surface area contributed by atoms with Crippen LogP contribution in [0.25, 0.3) is 0 Å². The summed E-state index contributed by atoms with van der Waals surface area (Å²) in [5.74, 6) is -0.221. The topological polar surface area (TPSA) is 72.8 Å². The summed E-state index contributed by atoms with van der Waals surface area (Å²) in [7, 11) is 1.70. The molecular weight excluding hydrogens is 244 g/mol. The molecule has 0 atom stereocenters. The van der Waals surface area contributed by atoms with Crippen molar-refractivity contribution in [3.63, 3.8) is 0 Å². The molecule has 0 saturated carbocycles. The summed E-state index contributed by atoms with van der Waals surface area (Å²) in [6, 6.07) is 4.32. The molecule has 1 aromatic rings. The van der Waals surface area contributed by atoms with E-state index < -0.39 is 0 Å². The van der Waals surface area contributed by atoms with Gasteiger partial charge in [0.05, 0.1) is 0 Å². The Bertz CT molecular complexity index is 436. The molecule has 0 unspecified atom stereocenters. The summed E-state index contributed by atoms with van der Waals surface area (Å²) < 4.78 is 0. The summed E-state index contributed by atoms with van der Waals surface area (Å²) >= 11 is 0. The number of carbonyl (C=O) groups excluding carboxylic acids is 1. The van der Waals surface area contributed by atoms with Gasteiger partial charge in [0.2, 0.25) is 0 Å². The molecule has 1 aliphatic rings. The number of nitrogens with zero attached hydrogens (tertiary/aromatic N) is 1. The van der Waals surface area contributed by atoms with Gasteiger partial charge in [-0.3, -0.25) is 4.79 Å². The molecule has 1 aromatic carbocycles. The lowest BCUT2D eigenvalue weighted by Crippen LogP contribution is -2.37. The van der Waals surface area contributed by atoms with E-state index in [-0.39, 0.29) is 23.0 Å². The monoisotopic (exact) mass is 264 g/mol. The van der Waals surface area contributed by atoms with Crippen molar-refractivity contribution in [1.82, 2.24) is 10.2 Å². The van der Waals surface area contributed by atoms with Gasteiger partial charge < -0.3 is 20.4 Å². The number of benzene rings is 1. The number of hydrogen-bond acceptors (Lipinski definition) is 4. The van der Waals surface area contributed by atoms with Gasteiger partial charge in [0.15, 0.2) is 0 Å². The molecule has 0 aromatic heterocycles. The Morgan fingerprint density at radius 3 is 2.47 bits per heavy atom. The maximum absolute atomic E-state index is 12.3. The molecular formula is C14H20N2O3. The molecule has 0 spiro atoms. The van der Waals surface area contributed by atoms with Crippen molar-refractivity contribution >= 4 is 5.91 Å². The molecule has 1 amide bonds. The summed E-state index contributed by atoms with van der Waals surface area (Å²) in [6.07, 6.45) is 2.09. The Morgan fingerprint density at radius 1 is 1.32 bits per heavy atom. The molecule has 1 aliphatic heterocycles. The molecule has 2 rings (SSSR count). The number of hydrogen-bond donors (Lipinski definition) is 3. The van der Waals surface area contributed by atoms with Crippen LogP contribution in [0.3, 0.4) is 0 Å². The number of piperidine rings is 1. The number of aromatic hydroxyl groups is 2. The first-order chi connectivity index (χ1) is 9.09. The third-order valence-electron chi connectivity index (χ3n) is 3.57. The normalized spacial score (nSPS) is 16.3. The van der Waals surface area contributed by atoms with Crippen molar-refractivity contribution in [3.8, 4) is 11.5 Å². The molecule has 19 heavy (non-hydrogen) atoms. The van der Waals surface area contributed by atoms with E-state index in [0.29, 0.717) is 12.5 Å². The van der Waals surface area contributed by atoms with E-state index in [0.717, 1.165) is 25.9 Å². The van der Waals surface area contributed by atoms with Crippen LogP contribution in [-0.4, -0.2) is 47.7 Å². The number of nitrogens with one attached hydrogen (secondary N) is 1. The minimum Gasteiger partial charge on any atom is -0.507 e. The first-order valence-electron chi connectivity index (χ1n) is 6.56. The number of rotatable bonds is 3. The lowest BCUT2D eigenvalue weighted by molar-refractivity contribution is 0.0756. The zero-order chi connectivity index (χ0) is 13.8. The highest BCUT2D eigenvalue weighted by atomic mass is 16.3. The van der Waals surface area contributed by atoms with Gasteiger partial charge in [-0.1, -0.05) is 6.07 Å². The maximum atomic E-state index is 12.3. The van der Waals surface area contributed by atoms with Crippen LogP contribution < -0.4 is 5.32 Å². The molecule has 1 fully saturated rings. The Kier molecular flexibility index (Phi) is 4.27. The third-order valence-corrected chi connectivity index (χ3v) is 3.57. The largest absolute Gasteiger partial charge is 0.507 e. The standard InChI is InChI=1S/C14H20N2O3/c1-16(9-10-5-7-15-8-6-10)14(19)13-11(17)3-2-4-12(13)18/h2-4,10,15,17-18H,5-9H2,1H3. The molecule has 3 N–H and O–H groups in total. The van der Waals surface area contributed by atoms with E-state index in [9.17, 15) is 15.0 Å². The van der Waals surface area contributed by atoms with Gasteiger partial charge in [0.25, 0.3) is 5.91 Å². The van der Waals surface area contributed by atoms with Gasteiger partial charge in [-0.15, -0.1) is 0 Å². The van der Waals surface area contributed by atoms with Crippen molar-refractivity contribution < 1.29 is 15.0 Å². The van der Waals surface area contributed by atoms with Gasteiger partial charge in [0.1, 0.15) is 17.1 Å². The zero-order valence-corrected chi connectivity index (χ0v) is 11.1. The van der Waals surface area contributed by atoms with Crippen molar-refractivity contribution in [1.29, 1.82) is 0 Å². The predicted molar refractivity (Wildman–Crippen MR) is 72.3 cm³/mol. The lowest BCUT2D eigenvalue weighted by Gasteiger charge is -2.27. The summed E-state index contributed by atoms with van der Waals surface area (Å²) in [4.78, 5) is 13.8. The van der Waals surface area contributed by atoms with Gasteiger partial charge >= 0.3 is 0 Å². The number of phenolic OH excluding ortho intramolecular Hbond substituents is 2. The van der Waals surface area contributed by atoms with Gasteiger partial charge in [-0.25, -0.2) is 0 Å². The van der Waals surface area contributed by atoms with E-state index >= 15 is 0 Å². The highest BCUT2D eigenvalue weighted by Crippen LogP contribution is 2.27. The second kappa shape index (κ2) is 5.93. The second-order valence-electron chi connectivity index (χ2n) is 5.05. The molecule has 0 aliphatic carbocycles. The highest BCUT2D eigenvalue weighted by Gasteiger charge is 2.23. The Hall–Kier alpha value is -1.75. The van der Waals surface area contributed by atoms with E-state index in [1.807, 2.05) is 0 Å². The van der Waals surface area contributed by atoms with Crippen molar-refractivity contribution in [2.24, 2.45) is 5.92 Å². The minimum absolute atomic E-state index is 0.0149.